The molecule has 5 rings (SSSR count). The SMILES string of the molecule is COC(=O)c1c(-c2ccc(F)cc2)nn2cc(N(CCO)S(C)(=O)=O)c(-c3cccc(C(=O)NC(C)(C)c4ccccc4)c3)cc12. The minimum Gasteiger partial charge on any atom is -0.465 e. The summed E-state index contributed by atoms with van der Waals surface area (Å²) in [5, 5.41) is 17.4. The van der Waals surface area contributed by atoms with Crippen LogP contribution in [0.15, 0.2) is 91.1 Å². The number of carbonyl (C=O) groups excluding carboxylic acids is 2. The van der Waals surface area contributed by atoms with Gasteiger partial charge in [0, 0.05) is 16.7 Å². The monoisotopic (exact) mass is 644 g/mol. The second-order valence-corrected chi connectivity index (χ2v) is 13.1. The summed E-state index contributed by atoms with van der Waals surface area (Å²) >= 11 is 0. The summed E-state index contributed by atoms with van der Waals surface area (Å²) < 4.78 is 47.2. The van der Waals surface area contributed by atoms with Gasteiger partial charge >= 0.3 is 5.97 Å². The molecule has 10 nitrogen and oxygen atoms in total. The smallest absolute Gasteiger partial charge is 0.342 e. The summed E-state index contributed by atoms with van der Waals surface area (Å²) in [6, 6.07) is 23.2. The molecule has 0 aliphatic heterocycles. The number of rotatable bonds is 10. The Morgan fingerprint density at radius 3 is 2.33 bits per heavy atom. The number of nitrogens with zero attached hydrogens (tertiary/aromatic N) is 3. The molecule has 0 fully saturated rings. The largest absolute Gasteiger partial charge is 0.465 e. The molecule has 0 unspecified atom stereocenters. The van der Waals surface area contributed by atoms with Crippen LogP contribution in [0.4, 0.5) is 10.1 Å². The number of halogens is 1. The molecular formula is C34H33FN4O6S. The van der Waals surface area contributed by atoms with E-state index in [0.29, 0.717) is 22.3 Å². The third kappa shape index (κ3) is 6.49. The van der Waals surface area contributed by atoms with E-state index in [2.05, 4.69) is 10.4 Å². The van der Waals surface area contributed by atoms with Gasteiger partial charge in [0.25, 0.3) is 5.91 Å². The minimum atomic E-state index is -3.92. The number of carbonyl (C=O) groups is 2. The molecule has 0 aliphatic carbocycles. The highest BCUT2D eigenvalue weighted by Gasteiger charge is 2.28. The lowest BCUT2D eigenvalue weighted by Gasteiger charge is -2.27. The number of pyridine rings is 1. The average molecular weight is 645 g/mol. The standard InChI is InChI=1S/C34H33FN4O6S/c1-34(2,25-11-6-5-7-12-25)36-32(41)24-10-8-9-23(19-24)27-20-28-30(33(42)45-3)31(22-13-15-26(35)16-14-22)37-38(28)21-29(27)39(17-18-40)46(4,43)44/h5-16,19-21,40H,17-18H2,1-4H3,(H,36,41). The van der Waals surface area contributed by atoms with Crippen molar-refractivity contribution in [2.75, 3.05) is 30.8 Å². The van der Waals surface area contributed by atoms with Gasteiger partial charge in [0.05, 0.1) is 49.5 Å². The van der Waals surface area contributed by atoms with Gasteiger partial charge in [-0.15, -0.1) is 0 Å². The van der Waals surface area contributed by atoms with Crippen molar-refractivity contribution in [3.63, 3.8) is 0 Å². The first-order valence-electron chi connectivity index (χ1n) is 14.3. The highest BCUT2D eigenvalue weighted by Crippen LogP contribution is 2.37. The van der Waals surface area contributed by atoms with Crippen LogP contribution in [0.25, 0.3) is 27.9 Å². The first-order valence-corrected chi connectivity index (χ1v) is 16.2. The van der Waals surface area contributed by atoms with E-state index in [4.69, 9.17) is 4.74 Å². The second kappa shape index (κ2) is 12.7. The average Bonchev–Trinajstić information content (AvgIpc) is 3.41. The predicted molar refractivity (Wildman–Crippen MR) is 174 cm³/mol. The van der Waals surface area contributed by atoms with E-state index in [1.807, 2.05) is 44.2 Å². The van der Waals surface area contributed by atoms with Gasteiger partial charge < -0.3 is 15.2 Å². The number of anilines is 1. The molecule has 12 heteroatoms. The zero-order valence-corrected chi connectivity index (χ0v) is 26.5. The van der Waals surface area contributed by atoms with Gasteiger partial charge in [-0.1, -0.05) is 42.5 Å². The normalized spacial score (nSPS) is 11.8. The van der Waals surface area contributed by atoms with Gasteiger partial charge in [0.15, 0.2) is 0 Å². The van der Waals surface area contributed by atoms with Crippen LogP contribution in [-0.2, 0) is 20.3 Å². The summed E-state index contributed by atoms with van der Waals surface area (Å²) in [5.41, 5.74) is 2.47. The fourth-order valence-corrected chi connectivity index (χ4v) is 6.21. The number of hydrogen-bond acceptors (Lipinski definition) is 7. The first-order chi connectivity index (χ1) is 21.8. The fraction of sp³-hybridized carbons (Fsp3) is 0.206. The molecule has 2 N–H and O–H groups in total. The highest BCUT2D eigenvalue weighted by molar-refractivity contribution is 7.92. The van der Waals surface area contributed by atoms with Crippen molar-refractivity contribution in [1.82, 2.24) is 14.9 Å². The molecule has 46 heavy (non-hydrogen) atoms. The summed E-state index contributed by atoms with van der Waals surface area (Å²) in [7, 11) is -2.70. The summed E-state index contributed by atoms with van der Waals surface area (Å²) in [6.45, 7) is 3.04. The number of aromatic nitrogens is 2. The molecule has 2 heterocycles. The Bertz CT molecular complexity index is 2030. The number of ether oxygens (including phenoxy) is 1. The third-order valence-electron chi connectivity index (χ3n) is 7.59. The molecule has 0 saturated carbocycles. The topological polar surface area (TPSA) is 130 Å². The Morgan fingerprint density at radius 2 is 1.70 bits per heavy atom. The number of hydrogen-bond donors (Lipinski definition) is 2. The molecule has 1 amide bonds. The van der Waals surface area contributed by atoms with Crippen LogP contribution in [0, 0.1) is 5.82 Å². The van der Waals surface area contributed by atoms with E-state index >= 15 is 0 Å². The van der Waals surface area contributed by atoms with Crippen LogP contribution in [0.5, 0.6) is 0 Å². The maximum Gasteiger partial charge on any atom is 0.342 e. The van der Waals surface area contributed by atoms with Gasteiger partial charge in [-0.05, 0) is 67.4 Å². The predicted octanol–water partition coefficient (Wildman–Crippen LogP) is 5.02. The molecule has 238 valence electrons. The molecule has 3 aromatic carbocycles. The van der Waals surface area contributed by atoms with E-state index < -0.39 is 34.0 Å². The van der Waals surface area contributed by atoms with Crippen molar-refractivity contribution >= 4 is 33.1 Å². The Balaban J connectivity index is 1.71. The molecule has 0 bridgehead atoms. The summed E-state index contributed by atoms with van der Waals surface area (Å²) in [4.78, 5) is 26.7. The van der Waals surface area contributed by atoms with Gasteiger partial charge in [-0.3, -0.25) is 9.10 Å². The molecule has 2 aromatic heterocycles. The van der Waals surface area contributed by atoms with Crippen LogP contribution in [0.1, 0.15) is 40.1 Å². The number of fused-ring (bicyclic) bond motifs is 1. The van der Waals surface area contributed by atoms with Crippen LogP contribution in [0.3, 0.4) is 0 Å². The lowest BCUT2D eigenvalue weighted by atomic mass is 9.93. The van der Waals surface area contributed by atoms with E-state index in [0.717, 1.165) is 16.1 Å². The van der Waals surface area contributed by atoms with Gasteiger partial charge in [0.1, 0.15) is 17.1 Å². The highest BCUT2D eigenvalue weighted by atomic mass is 32.2. The van der Waals surface area contributed by atoms with E-state index in [1.54, 1.807) is 30.3 Å². The lowest BCUT2D eigenvalue weighted by molar-refractivity contribution is 0.0603. The number of aliphatic hydroxyl groups is 1. The Kier molecular flexibility index (Phi) is 8.95. The number of aliphatic hydroxyl groups excluding tert-OH is 1. The van der Waals surface area contributed by atoms with Crippen molar-refractivity contribution in [1.29, 1.82) is 0 Å². The zero-order valence-electron chi connectivity index (χ0n) is 25.7. The van der Waals surface area contributed by atoms with E-state index in [1.165, 1.54) is 42.1 Å². The summed E-state index contributed by atoms with van der Waals surface area (Å²) in [5.74, 6) is -1.54. The molecule has 5 aromatic rings. The Hall–Kier alpha value is -5.07. The maximum absolute atomic E-state index is 13.7. The zero-order chi connectivity index (χ0) is 33.2. The molecule has 0 saturated heterocycles. The van der Waals surface area contributed by atoms with Crippen LogP contribution < -0.4 is 9.62 Å². The number of esters is 1. The van der Waals surface area contributed by atoms with E-state index in [9.17, 15) is 27.5 Å². The van der Waals surface area contributed by atoms with Gasteiger partial charge in [-0.2, -0.15) is 5.10 Å². The van der Waals surface area contributed by atoms with Gasteiger partial charge in [0.2, 0.25) is 10.0 Å². The van der Waals surface area contributed by atoms with Crippen molar-refractivity contribution in [3.05, 3.63) is 114 Å². The summed E-state index contributed by atoms with van der Waals surface area (Å²) in [6.07, 6.45) is 2.45. The molecule has 0 radical (unpaired) electrons. The minimum absolute atomic E-state index is 0.0773. The Labute approximate surface area is 266 Å². The van der Waals surface area contributed by atoms with Gasteiger partial charge in [-0.25, -0.2) is 22.1 Å². The number of nitrogens with one attached hydrogen (secondary N) is 1. The Morgan fingerprint density at radius 1 is 1.00 bits per heavy atom. The lowest BCUT2D eigenvalue weighted by Crippen LogP contribution is -2.40. The number of benzene rings is 3. The molecule has 0 atom stereocenters. The van der Waals surface area contributed by atoms with Crippen LogP contribution in [-0.4, -0.2) is 61.5 Å². The second-order valence-electron chi connectivity index (χ2n) is 11.2. The van der Waals surface area contributed by atoms with E-state index in [-0.39, 0.29) is 34.9 Å². The molecule has 0 spiro atoms. The first kappa shape index (κ1) is 32.3. The van der Waals surface area contributed by atoms with Crippen LogP contribution >= 0.6 is 0 Å². The van der Waals surface area contributed by atoms with Crippen LogP contribution in [0.2, 0.25) is 0 Å². The number of amides is 1. The van der Waals surface area contributed by atoms with Crippen molar-refractivity contribution in [2.45, 2.75) is 19.4 Å². The van der Waals surface area contributed by atoms with Crippen molar-refractivity contribution < 1.29 is 32.2 Å². The van der Waals surface area contributed by atoms with Crippen molar-refractivity contribution in [2.24, 2.45) is 0 Å². The molecular weight excluding hydrogens is 611 g/mol. The molecule has 0 aliphatic rings. The fourth-order valence-electron chi connectivity index (χ4n) is 5.29. The third-order valence-corrected chi connectivity index (χ3v) is 8.77. The number of sulfonamides is 1. The number of methoxy groups -OCH3 is 1. The van der Waals surface area contributed by atoms with Crippen molar-refractivity contribution in [3.8, 4) is 22.4 Å². The quantitative estimate of drug-likeness (QED) is 0.204. The maximum atomic E-state index is 13.7.